The quantitative estimate of drug-likeness (QED) is 0.0883. The fraction of sp³-hybridized carbons (Fsp3) is 0.143. The molecule has 4 nitrogen and oxygen atoms in total. The van der Waals surface area contributed by atoms with Gasteiger partial charge in [0.1, 0.15) is 0 Å². The summed E-state index contributed by atoms with van der Waals surface area (Å²) in [5.41, 5.74) is 4.14. The average molecular weight is 559 g/mol. The lowest BCUT2D eigenvalue weighted by atomic mass is 10.0. The molecule has 0 aliphatic rings. The molecule has 5 aromatic rings. The average Bonchev–Trinajstić information content (AvgIpc) is 3.30. The minimum atomic E-state index is -2.70. The number of aryl methyl sites for hydroxylation is 2. The highest BCUT2D eigenvalue weighted by molar-refractivity contribution is 7.99. The Hall–Kier alpha value is -3.54. The van der Waals surface area contributed by atoms with E-state index in [1.807, 2.05) is 11.8 Å². The van der Waals surface area contributed by atoms with Gasteiger partial charge in [-0.1, -0.05) is 74.1 Å². The van der Waals surface area contributed by atoms with Crippen molar-refractivity contribution in [2.24, 2.45) is 0 Å². The maximum Gasteiger partial charge on any atom is 0.707 e. The van der Waals surface area contributed by atoms with Crippen LogP contribution >= 0.6 is 11.8 Å². The van der Waals surface area contributed by atoms with E-state index in [2.05, 4.69) is 84.1 Å². The number of aromatic nitrogens is 1. The number of nitrogens with one attached hydrogen (secondary N) is 1. The first kappa shape index (κ1) is 28.5. The minimum absolute atomic E-state index is 1.05. The molecular weight excluding hydrogens is 536 g/mol. The summed E-state index contributed by atoms with van der Waals surface area (Å²) in [4.78, 5) is 4.98. The highest BCUT2D eigenvalue weighted by atomic mass is 32.2. The predicted molar refractivity (Wildman–Crippen MR) is 142 cm³/mol. The first-order chi connectivity index (χ1) is 18.7. The standard InChI is InChI=1S/C22H21NS.C6H2BF5O3/c1-3-15-10-7-13-19-21(15)17(4-2)22(23-19)24-20-14-8-11-16-9-5-6-12-18(16)20;8-1-2(9)4(11)6(15-7(13)14)5(12)3(1)10/h5-14,23H,3-4H2,1-2H3;13-14H. The Morgan fingerprint density at radius 1 is 0.769 bits per heavy atom. The lowest BCUT2D eigenvalue weighted by molar-refractivity contribution is 0.263. The molecule has 0 saturated carbocycles. The second kappa shape index (κ2) is 12.1. The molecule has 0 bridgehead atoms. The highest BCUT2D eigenvalue weighted by Gasteiger charge is 2.29. The van der Waals surface area contributed by atoms with Crippen LogP contribution in [0.5, 0.6) is 5.75 Å². The van der Waals surface area contributed by atoms with Crippen molar-refractivity contribution in [3.63, 3.8) is 0 Å². The number of hydrogen-bond acceptors (Lipinski definition) is 4. The summed E-state index contributed by atoms with van der Waals surface area (Å²) in [6, 6.07) is 21.8. The van der Waals surface area contributed by atoms with E-state index in [0.717, 1.165) is 12.8 Å². The molecule has 0 aliphatic carbocycles. The van der Waals surface area contributed by atoms with Crippen LogP contribution in [0.15, 0.2) is 70.6 Å². The molecular formula is C28H23BF5NO3S. The number of benzene rings is 4. The van der Waals surface area contributed by atoms with Gasteiger partial charge in [0.2, 0.25) is 29.1 Å². The zero-order valence-electron chi connectivity index (χ0n) is 20.9. The summed E-state index contributed by atoms with van der Waals surface area (Å²) in [6.07, 6.45) is 2.12. The summed E-state index contributed by atoms with van der Waals surface area (Å²) in [5.74, 6) is -13.1. The number of rotatable bonds is 6. The van der Waals surface area contributed by atoms with E-state index in [0.29, 0.717) is 0 Å². The Morgan fingerprint density at radius 2 is 1.38 bits per heavy atom. The minimum Gasteiger partial charge on any atom is -0.507 e. The number of H-pyrrole nitrogens is 1. The predicted octanol–water partition coefficient (Wildman–Crippen LogP) is 7.33. The number of fused-ring (bicyclic) bond motifs is 2. The number of halogens is 5. The van der Waals surface area contributed by atoms with Gasteiger partial charge in [-0.2, -0.15) is 8.78 Å². The summed E-state index contributed by atoms with van der Waals surface area (Å²) < 4.78 is 66.3. The smallest absolute Gasteiger partial charge is 0.507 e. The Balaban J connectivity index is 0.000000204. The first-order valence-corrected chi connectivity index (χ1v) is 12.8. The molecule has 11 heteroatoms. The lowest BCUT2D eigenvalue weighted by Crippen LogP contribution is -2.23. The topological polar surface area (TPSA) is 65.5 Å². The van der Waals surface area contributed by atoms with Crippen LogP contribution in [0.25, 0.3) is 21.7 Å². The van der Waals surface area contributed by atoms with Gasteiger partial charge in [0.05, 0.1) is 5.03 Å². The van der Waals surface area contributed by atoms with Crippen molar-refractivity contribution in [2.45, 2.75) is 36.6 Å². The van der Waals surface area contributed by atoms with E-state index in [1.54, 1.807) is 0 Å². The molecule has 39 heavy (non-hydrogen) atoms. The van der Waals surface area contributed by atoms with E-state index in [1.165, 1.54) is 42.7 Å². The van der Waals surface area contributed by atoms with Crippen LogP contribution in [0.4, 0.5) is 22.0 Å². The Bertz CT molecular complexity index is 1610. The van der Waals surface area contributed by atoms with Gasteiger partial charge in [-0.25, -0.2) is 13.2 Å². The van der Waals surface area contributed by atoms with Crippen LogP contribution in [0.1, 0.15) is 25.0 Å². The highest BCUT2D eigenvalue weighted by Crippen LogP contribution is 2.39. The monoisotopic (exact) mass is 559 g/mol. The molecule has 1 heterocycles. The van der Waals surface area contributed by atoms with Crippen molar-refractivity contribution in [3.05, 3.63) is 101 Å². The van der Waals surface area contributed by atoms with Crippen LogP contribution < -0.4 is 4.65 Å². The van der Waals surface area contributed by atoms with Gasteiger partial charge in [0.15, 0.2) is 5.75 Å². The maximum absolute atomic E-state index is 12.7. The summed E-state index contributed by atoms with van der Waals surface area (Å²) in [6.45, 7) is 4.49. The molecule has 0 atom stereocenters. The molecule has 0 aliphatic heterocycles. The molecule has 3 N–H and O–H groups in total. The van der Waals surface area contributed by atoms with Gasteiger partial charge in [-0.3, -0.25) is 0 Å². The fourth-order valence-electron chi connectivity index (χ4n) is 4.28. The van der Waals surface area contributed by atoms with Crippen LogP contribution in [0.2, 0.25) is 0 Å². The van der Waals surface area contributed by atoms with Gasteiger partial charge >= 0.3 is 7.32 Å². The molecule has 1 aromatic heterocycles. The Kier molecular flexibility index (Phi) is 8.84. The molecule has 0 spiro atoms. The third kappa shape index (κ3) is 5.75. The normalized spacial score (nSPS) is 11.0. The van der Waals surface area contributed by atoms with Crippen LogP contribution in [-0.2, 0) is 12.8 Å². The molecule has 0 fully saturated rings. The maximum atomic E-state index is 12.7. The van der Waals surface area contributed by atoms with Crippen LogP contribution in [0.3, 0.4) is 0 Å². The molecule has 0 amide bonds. The SMILES string of the molecule is CCc1cccc2[nH]c(Sc3cccc4ccccc34)c(CC)c12.OB(O)Oc1c(F)c(F)c(F)c(F)c1F. The molecule has 0 radical (unpaired) electrons. The van der Waals surface area contributed by atoms with Gasteiger partial charge in [-0.05, 0) is 46.9 Å². The van der Waals surface area contributed by atoms with Crippen LogP contribution in [0, 0.1) is 29.1 Å². The zero-order valence-corrected chi connectivity index (χ0v) is 21.7. The number of hydrogen-bond donors (Lipinski definition) is 3. The largest absolute Gasteiger partial charge is 0.707 e. The molecule has 0 saturated heterocycles. The molecule has 4 aromatic carbocycles. The van der Waals surface area contributed by atoms with Crippen molar-refractivity contribution in [3.8, 4) is 5.75 Å². The first-order valence-electron chi connectivity index (χ1n) is 12.0. The fourth-order valence-corrected chi connectivity index (χ4v) is 5.47. The number of aromatic amines is 1. The van der Waals surface area contributed by atoms with E-state index in [9.17, 15) is 22.0 Å². The van der Waals surface area contributed by atoms with Crippen molar-refractivity contribution in [2.75, 3.05) is 0 Å². The second-order valence-corrected chi connectivity index (χ2v) is 9.45. The second-order valence-electron chi connectivity index (χ2n) is 8.40. The van der Waals surface area contributed by atoms with Crippen molar-refractivity contribution in [1.82, 2.24) is 4.98 Å². The summed E-state index contributed by atoms with van der Waals surface area (Å²) in [7, 11) is -2.70. The van der Waals surface area contributed by atoms with Crippen molar-refractivity contribution < 1.29 is 36.7 Å². The molecule has 0 unspecified atom stereocenters. The Morgan fingerprint density at radius 3 is 2.03 bits per heavy atom. The molecule has 202 valence electrons. The summed E-state index contributed by atoms with van der Waals surface area (Å²) >= 11 is 1.86. The van der Waals surface area contributed by atoms with Crippen molar-refractivity contribution >= 4 is 40.8 Å². The van der Waals surface area contributed by atoms with Gasteiger partial charge in [0, 0.05) is 15.8 Å². The third-order valence-electron chi connectivity index (χ3n) is 6.06. The lowest BCUT2D eigenvalue weighted by Gasteiger charge is -2.08. The van der Waals surface area contributed by atoms with E-state index in [4.69, 9.17) is 10.0 Å². The van der Waals surface area contributed by atoms with Gasteiger partial charge in [0.25, 0.3) is 0 Å². The van der Waals surface area contributed by atoms with Gasteiger partial charge < -0.3 is 19.7 Å². The zero-order chi connectivity index (χ0) is 28.3. The third-order valence-corrected chi connectivity index (χ3v) is 7.19. The van der Waals surface area contributed by atoms with Crippen molar-refractivity contribution in [1.29, 1.82) is 0 Å². The van der Waals surface area contributed by atoms with Crippen LogP contribution in [-0.4, -0.2) is 22.4 Å². The summed E-state index contributed by atoms with van der Waals surface area (Å²) in [5, 5.41) is 21.7. The Labute approximate surface area is 225 Å². The van der Waals surface area contributed by atoms with E-state index < -0.39 is 42.2 Å². The van der Waals surface area contributed by atoms with E-state index >= 15 is 0 Å². The van der Waals surface area contributed by atoms with E-state index in [-0.39, 0.29) is 0 Å². The van der Waals surface area contributed by atoms with Gasteiger partial charge in [-0.15, -0.1) is 0 Å². The molecule has 5 rings (SSSR count).